The molecule has 0 spiro atoms. The minimum absolute atomic E-state index is 0.0288. The molecule has 0 atom stereocenters. The molecule has 0 N–H and O–H groups in total. The van der Waals surface area contributed by atoms with Gasteiger partial charge in [-0.15, -0.1) is 0 Å². The Bertz CT molecular complexity index is 1130. The third-order valence-corrected chi connectivity index (χ3v) is 8.61. The van der Waals surface area contributed by atoms with Gasteiger partial charge in [-0.3, -0.25) is 0 Å². The number of benzene rings is 2. The van der Waals surface area contributed by atoms with Gasteiger partial charge in [-0.25, -0.2) is 0 Å². The van der Waals surface area contributed by atoms with Crippen LogP contribution in [0.15, 0.2) is 52.1 Å². The molecule has 0 aliphatic rings. The van der Waals surface area contributed by atoms with Gasteiger partial charge in [-0.1, -0.05) is 0 Å². The second-order valence-electron chi connectivity index (χ2n) is 5.44. The number of hydrogen-bond donors (Lipinski definition) is 0. The number of aromatic nitrogens is 2. The van der Waals surface area contributed by atoms with Crippen molar-refractivity contribution in [3.05, 3.63) is 68.7 Å². The van der Waals surface area contributed by atoms with E-state index in [9.17, 15) is 9.59 Å². The minimum atomic E-state index is 0.0288. The first-order valence-corrected chi connectivity index (χ1v) is 10.6. The van der Waals surface area contributed by atoms with E-state index in [2.05, 4.69) is 0 Å². The Balaban J connectivity index is 1.70. The van der Waals surface area contributed by atoms with Crippen LogP contribution in [0.25, 0.3) is 19.3 Å². The molecule has 0 radical (unpaired) electrons. The first-order chi connectivity index (χ1) is 11.1. The van der Waals surface area contributed by atoms with Crippen LogP contribution < -0.4 is 11.1 Å². The zero-order chi connectivity index (χ0) is 16.0. The number of fused-ring (bicyclic) bond motifs is 2. The van der Waals surface area contributed by atoms with Crippen molar-refractivity contribution < 1.29 is 0 Å². The van der Waals surface area contributed by atoms with Crippen molar-refractivity contribution in [1.82, 2.24) is 7.12 Å². The SMILES string of the molecule is Cc1cccc2[se]n(CCn3[se]c4ccccc4c3=O)c(=O)c12. The molecule has 0 saturated heterocycles. The summed E-state index contributed by atoms with van der Waals surface area (Å²) < 4.78 is 6.11. The van der Waals surface area contributed by atoms with Crippen molar-refractivity contribution >= 4 is 48.8 Å². The molecular weight excluding hydrogens is 422 g/mol. The van der Waals surface area contributed by atoms with Crippen LogP contribution >= 0.6 is 0 Å². The second kappa shape index (κ2) is 5.81. The van der Waals surface area contributed by atoms with Crippen LogP contribution in [-0.4, -0.2) is 36.6 Å². The molecule has 0 aliphatic heterocycles. The fraction of sp³-hybridized carbons (Fsp3) is 0.176. The Labute approximate surface area is 144 Å². The van der Waals surface area contributed by atoms with Gasteiger partial charge in [-0.2, -0.15) is 0 Å². The van der Waals surface area contributed by atoms with E-state index < -0.39 is 0 Å². The summed E-state index contributed by atoms with van der Waals surface area (Å²) in [5, 5.41) is 1.69. The van der Waals surface area contributed by atoms with Crippen LogP contribution in [0.1, 0.15) is 5.56 Å². The number of aryl methyl sites for hydroxylation is 3. The van der Waals surface area contributed by atoms with Crippen LogP contribution in [-0.2, 0) is 13.1 Å². The van der Waals surface area contributed by atoms with E-state index in [1.54, 1.807) is 0 Å². The molecule has 0 saturated carbocycles. The molecule has 4 rings (SSSR count). The Morgan fingerprint density at radius 3 is 2.22 bits per heavy atom. The monoisotopic (exact) mass is 438 g/mol. The first kappa shape index (κ1) is 15.0. The van der Waals surface area contributed by atoms with Crippen LogP contribution in [0.4, 0.5) is 0 Å². The van der Waals surface area contributed by atoms with Gasteiger partial charge in [0.2, 0.25) is 0 Å². The molecule has 2 aromatic heterocycles. The summed E-state index contributed by atoms with van der Waals surface area (Å²) in [4.78, 5) is 25.0. The predicted molar refractivity (Wildman–Crippen MR) is 95.0 cm³/mol. The molecule has 23 heavy (non-hydrogen) atoms. The van der Waals surface area contributed by atoms with E-state index in [1.807, 2.05) is 56.5 Å². The molecular formula is C17H14N2O2Se2. The summed E-state index contributed by atoms with van der Waals surface area (Å²) in [6.07, 6.45) is 0. The van der Waals surface area contributed by atoms with Gasteiger partial charge >= 0.3 is 145 Å². The van der Waals surface area contributed by atoms with E-state index in [-0.39, 0.29) is 40.6 Å². The number of rotatable bonds is 3. The molecule has 116 valence electrons. The summed E-state index contributed by atoms with van der Waals surface area (Å²) >= 11 is 0.0628. The Morgan fingerprint density at radius 1 is 0.826 bits per heavy atom. The molecule has 4 nitrogen and oxygen atoms in total. The Hall–Kier alpha value is -1.58. The maximum atomic E-state index is 12.6. The molecule has 2 heterocycles. The summed E-state index contributed by atoms with van der Waals surface area (Å²) in [6.45, 7) is 3.22. The van der Waals surface area contributed by atoms with Crippen LogP contribution in [0.3, 0.4) is 0 Å². The number of nitrogens with zero attached hydrogens (tertiary/aromatic N) is 2. The van der Waals surface area contributed by atoms with Gasteiger partial charge in [0.05, 0.1) is 0 Å². The first-order valence-electron chi connectivity index (χ1n) is 7.33. The van der Waals surface area contributed by atoms with E-state index in [1.165, 1.54) is 0 Å². The standard InChI is InChI=1S/C17H14N2O2Se2/c1-11-5-4-8-14-15(11)17(21)19(23-14)10-9-18-16(20)12-6-2-3-7-13(12)22-18/h2-8H,9-10H2,1H3. The third kappa shape index (κ3) is 2.52. The van der Waals surface area contributed by atoms with E-state index in [0.717, 1.165) is 24.9 Å². The van der Waals surface area contributed by atoms with Crippen molar-refractivity contribution in [2.24, 2.45) is 0 Å². The van der Waals surface area contributed by atoms with Crippen LogP contribution in [0.5, 0.6) is 0 Å². The molecule has 0 amide bonds. The van der Waals surface area contributed by atoms with Crippen molar-refractivity contribution in [2.75, 3.05) is 0 Å². The second-order valence-corrected chi connectivity index (χ2v) is 9.90. The quantitative estimate of drug-likeness (QED) is 0.457. The third-order valence-electron chi connectivity index (χ3n) is 3.94. The molecule has 0 bridgehead atoms. The normalized spacial score (nSPS) is 11.5. The molecule has 0 aliphatic carbocycles. The fourth-order valence-electron chi connectivity index (χ4n) is 2.77. The van der Waals surface area contributed by atoms with E-state index in [0.29, 0.717) is 13.1 Å². The van der Waals surface area contributed by atoms with Gasteiger partial charge in [0.15, 0.2) is 0 Å². The summed E-state index contributed by atoms with van der Waals surface area (Å²) in [7, 11) is 0. The topological polar surface area (TPSA) is 44.0 Å². The Kier molecular flexibility index (Phi) is 3.78. The van der Waals surface area contributed by atoms with Gasteiger partial charge in [0.25, 0.3) is 0 Å². The summed E-state index contributed by atoms with van der Waals surface area (Å²) in [5.41, 5.74) is 1.27. The van der Waals surface area contributed by atoms with Gasteiger partial charge < -0.3 is 0 Å². The van der Waals surface area contributed by atoms with Crippen molar-refractivity contribution in [3.8, 4) is 0 Å². The van der Waals surface area contributed by atoms with Gasteiger partial charge in [-0.05, 0) is 0 Å². The van der Waals surface area contributed by atoms with Gasteiger partial charge in [0, 0.05) is 0 Å². The average Bonchev–Trinajstić information content (AvgIpc) is 3.05. The van der Waals surface area contributed by atoms with Crippen molar-refractivity contribution in [1.29, 1.82) is 0 Å². The van der Waals surface area contributed by atoms with Crippen molar-refractivity contribution in [3.63, 3.8) is 0 Å². The summed E-state index contributed by atoms with van der Waals surface area (Å²) in [6, 6.07) is 13.8. The van der Waals surface area contributed by atoms with Crippen LogP contribution in [0.2, 0.25) is 0 Å². The van der Waals surface area contributed by atoms with E-state index >= 15 is 0 Å². The molecule has 2 aromatic carbocycles. The summed E-state index contributed by atoms with van der Waals surface area (Å²) in [5.74, 6) is 0. The van der Waals surface area contributed by atoms with Crippen LogP contribution in [0, 0.1) is 6.92 Å². The zero-order valence-corrected chi connectivity index (χ0v) is 15.9. The predicted octanol–water partition coefficient (Wildman–Crippen LogP) is 1.44. The molecule has 0 fully saturated rings. The molecule has 0 unspecified atom stereocenters. The maximum absolute atomic E-state index is 12.6. The molecule has 6 heteroatoms. The fourth-order valence-corrected chi connectivity index (χ4v) is 7.07. The van der Waals surface area contributed by atoms with Gasteiger partial charge in [0.1, 0.15) is 0 Å². The Morgan fingerprint density at radius 2 is 1.48 bits per heavy atom. The number of hydrogen-bond acceptors (Lipinski definition) is 2. The van der Waals surface area contributed by atoms with Crippen molar-refractivity contribution in [2.45, 2.75) is 20.0 Å². The molecule has 4 aromatic rings. The zero-order valence-electron chi connectivity index (χ0n) is 12.5. The van der Waals surface area contributed by atoms with E-state index in [4.69, 9.17) is 0 Å². The average molecular weight is 436 g/mol.